The summed E-state index contributed by atoms with van der Waals surface area (Å²) in [6, 6.07) is 16.3. The quantitative estimate of drug-likeness (QED) is 0.666. The Morgan fingerprint density at radius 1 is 1.05 bits per heavy atom. The summed E-state index contributed by atoms with van der Waals surface area (Å²) in [4.78, 5) is 15.2. The van der Waals surface area contributed by atoms with Crippen molar-refractivity contribution in [3.05, 3.63) is 54.1 Å². The van der Waals surface area contributed by atoms with Gasteiger partial charge in [0.15, 0.2) is 0 Å². The third-order valence-corrected chi connectivity index (χ3v) is 4.14. The van der Waals surface area contributed by atoms with Crippen molar-refractivity contribution in [3.63, 3.8) is 0 Å². The molecule has 0 aliphatic heterocycles. The normalized spacial score (nSPS) is 10.7. The van der Waals surface area contributed by atoms with E-state index in [0.717, 1.165) is 28.8 Å². The Balaban J connectivity index is 2.07. The van der Waals surface area contributed by atoms with Crippen LogP contribution < -0.4 is 0 Å². The van der Waals surface area contributed by atoms with Gasteiger partial charge in [0.05, 0.1) is 10.2 Å². The lowest BCUT2D eigenvalue weighted by molar-refractivity contribution is -0.107. The van der Waals surface area contributed by atoms with Crippen molar-refractivity contribution >= 4 is 27.8 Å². The van der Waals surface area contributed by atoms with Gasteiger partial charge < -0.3 is 4.79 Å². The summed E-state index contributed by atoms with van der Waals surface area (Å²) in [5, 5.41) is 1.03. The molecule has 0 aliphatic carbocycles. The maximum Gasteiger partial charge on any atom is 0.124 e. The lowest BCUT2D eigenvalue weighted by Gasteiger charge is -2.04. The van der Waals surface area contributed by atoms with Crippen LogP contribution >= 0.6 is 11.3 Å². The molecule has 0 N–H and O–H groups in total. The minimum atomic E-state index is 0.557. The van der Waals surface area contributed by atoms with Crippen LogP contribution in [0.15, 0.2) is 48.5 Å². The first-order chi connectivity index (χ1) is 9.38. The van der Waals surface area contributed by atoms with E-state index >= 15 is 0 Å². The Labute approximate surface area is 115 Å². The Morgan fingerprint density at radius 2 is 1.84 bits per heavy atom. The van der Waals surface area contributed by atoms with E-state index < -0.39 is 0 Å². The van der Waals surface area contributed by atoms with Gasteiger partial charge >= 0.3 is 0 Å². The molecule has 0 saturated heterocycles. The molecule has 0 spiro atoms. The summed E-state index contributed by atoms with van der Waals surface area (Å²) in [6.07, 6.45) is 2.30. The van der Waals surface area contributed by atoms with E-state index in [1.807, 2.05) is 30.3 Å². The number of hydrogen-bond acceptors (Lipinski definition) is 3. The van der Waals surface area contributed by atoms with Gasteiger partial charge in [0.25, 0.3) is 0 Å². The molecule has 3 heteroatoms. The number of aldehydes is 1. The molecule has 3 rings (SSSR count). The van der Waals surface area contributed by atoms with Gasteiger partial charge in [0, 0.05) is 12.0 Å². The lowest BCUT2D eigenvalue weighted by atomic mass is 10.0. The topological polar surface area (TPSA) is 30.0 Å². The molecule has 0 aliphatic rings. The zero-order valence-electron chi connectivity index (χ0n) is 10.4. The highest BCUT2D eigenvalue weighted by Gasteiger charge is 2.09. The van der Waals surface area contributed by atoms with Crippen LogP contribution in [0.2, 0.25) is 0 Å². The van der Waals surface area contributed by atoms with Crippen LogP contribution in [-0.2, 0) is 11.2 Å². The smallest absolute Gasteiger partial charge is 0.124 e. The second-order valence-corrected chi connectivity index (χ2v) is 5.38. The summed E-state index contributed by atoms with van der Waals surface area (Å²) in [6.45, 7) is 0. The predicted octanol–water partition coefficient (Wildman–Crippen LogP) is 4.09. The zero-order chi connectivity index (χ0) is 13.1. The van der Waals surface area contributed by atoms with E-state index in [9.17, 15) is 4.79 Å². The second-order valence-electron chi connectivity index (χ2n) is 4.35. The van der Waals surface area contributed by atoms with Crippen LogP contribution in [0.1, 0.15) is 12.0 Å². The highest BCUT2D eigenvalue weighted by molar-refractivity contribution is 7.21. The minimum absolute atomic E-state index is 0.557. The number of thiazole rings is 1. The third-order valence-electron chi connectivity index (χ3n) is 3.07. The zero-order valence-corrected chi connectivity index (χ0v) is 11.2. The molecule has 94 valence electrons. The monoisotopic (exact) mass is 267 g/mol. The molecule has 2 nitrogen and oxygen atoms in total. The number of rotatable bonds is 4. The van der Waals surface area contributed by atoms with Gasteiger partial charge in [0.1, 0.15) is 11.3 Å². The summed E-state index contributed by atoms with van der Waals surface area (Å²) >= 11 is 1.70. The van der Waals surface area contributed by atoms with Crippen LogP contribution in [-0.4, -0.2) is 11.3 Å². The highest BCUT2D eigenvalue weighted by atomic mass is 32.1. The number of carbonyl (C=O) groups excluding carboxylic acids is 1. The third kappa shape index (κ3) is 2.42. The summed E-state index contributed by atoms with van der Waals surface area (Å²) < 4.78 is 1.20. The first-order valence-electron chi connectivity index (χ1n) is 6.26. The molecule has 0 bridgehead atoms. The standard InChI is InChI=1S/C16H13NOS/c18-11-5-7-12-6-1-2-8-13(12)16-17-14-9-3-4-10-15(14)19-16/h1-4,6,8-11H,5,7H2. The molecule has 0 radical (unpaired) electrons. The number of aryl methyl sites for hydroxylation is 1. The van der Waals surface area contributed by atoms with E-state index in [2.05, 4.69) is 23.2 Å². The number of carbonyl (C=O) groups is 1. The fourth-order valence-electron chi connectivity index (χ4n) is 2.15. The number of nitrogens with zero attached hydrogens (tertiary/aromatic N) is 1. The van der Waals surface area contributed by atoms with Crippen molar-refractivity contribution in [2.75, 3.05) is 0 Å². The molecule has 0 amide bonds. The van der Waals surface area contributed by atoms with Gasteiger partial charge in [-0.3, -0.25) is 0 Å². The average Bonchev–Trinajstić information content (AvgIpc) is 2.89. The summed E-state index contributed by atoms with van der Waals surface area (Å²) in [5.41, 5.74) is 3.37. The van der Waals surface area contributed by atoms with E-state index in [1.165, 1.54) is 10.3 Å². The fourth-order valence-corrected chi connectivity index (χ4v) is 3.18. The van der Waals surface area contributed by atoms with Gasteiger partial charge in [-0.05, 0) is 24.1 Å². The fraction of sp³-hybridized carbons (Fsp3) is 0.125. The maximum absolute atomic E-state index is 10.6. The molecule has 0 unspecified atom stereocenters. The minimum Gasteiger partial charge on any atom is -0.303 e. The molecular weight excluding hydrogens is 254 g/mol. The summed E-state index contributed by atoms with van der Waals surface area (Å²) in [5.74, 6) is 0. The van der Waals surface area contributed by atoms with Gasteiger partial charge in [-0.2, -0.15) is 0 Å². The van der Waals surface area contributed by atoms with E-state index in [1.54, 1.807) is 11.3 Å². The Kier molecular flexibility index (Phi) is 3.38. The van der Waals surface area contributed by atoms with Crippen LogP contribution in [0.5, 0.6) is 0 Å². The molecule has 3 aromatic rings. The number of benzene rings is 2. The lowest BCUT2D eigenvalue weighted by Crippen LogP contribution is -1.90. The van der Waals surface area contributed by atoms with Gasteiger partial charge in [-0.25, -0.2) is 4.98 Å². The van der Waals surface area contributed by atoms with Gasteiger partial charge in [-0.15, -0.1) is 11.3 Å². The molecule has 19 heavy (non-hydrogen) atoms. The van der Waals surface area contributed by atoms with E-state index in [4.69, 9.17) is 0 Å². The summed E-state index contributed by atoms with van der Waals surface area (Å²) in [7, 11) is 0. The highest BCUT2D eigenvalue weighted by Crippen LogP contribution is 2.32. The largest absolute Gasteiger partial charge is 0.303 e. The Morgan fingerprint density at radius 3 is 2.68 bits per heavy atom. The molecule has 2 aromatic carbocycles. The SMILES string of the molecule is O=CCCc1ccccc1-c1nc2ccccc2s1. The van der Waals surface area contributed by atoms with E-state index in [-0.39, 0.29) is 0 Å². The predicted molar refractivity (Wildman–Crippen MR) is 79.4 cm³/mol. The van der Waals surface area contributed by atoms with Crippen molar-refractivity contribution in [1.29, 1.82) is 0 Å². The number of para-hydroxylation sites is 1. The number of aromatic nitrogens is 1. The van der Waals surface area contributed by atoms with E-state index in [0.29, 0.717) is 6.42 Å². The van der Waals surface area contributed by atoms with Crippen molar-refractivity contribution < 1.29 is 4.79 Å². The molecule has 0 fully saturated rings. The molecule has 1 heterocycles. The first kappa shape index (κ1) is 12.1. The van der Waals surface area contributed by atoms with Crippen molar-refractivity contribution in [2.45, 2.75) is 12.8 Å². The Bertz CT molecular complexity index is 684. The van der Waals surface area contributed by atoms with Gasteiger partial charge in [-0.1, -0.05) is 36.4 Å². The van der Waals surface area contributed by atoms with Crippen LogP contribution in [0.4, 0.5) is 0 Å². The number of fused-ring (bicyclic) bond motifs is 1. The molecule has 1 aromatic heterocycles. The van der Waals surface area contributed by atoms with Crippen molar-refractivity contribution in [1.82, 2.24) is 4.98 Å². The van der Waals surface area contributed by atoms with Crippen molar-refractivity contribution in [2.24, 2.45) is 0 Å². The van der Waals surface area contributed by atoms with Crippen LogP contribution in [0.3, 0.4) is 0 Å². The maximum atomic E-state index is 10.6. The Hall–Kier alpha value is -2.00. The second kappa shape index (κ2) is 5.33. The molecule has 0 atom stereocenters. The number of hydrogen-bond donors (Lipinski definition) is 0. The average molecular weight is 267 g/mol. The van der Waals surface area contributed by atoms with Gasteiger partial charge in [0.2, 0.25) is 0 Å². The van der Waals surface area contributed by atoms with Crippen LogP contribution in [0, 0.1) is 0 Å². The van der Waals surface area contributed by atoms with Crippen molar-refractivity contribution in [3.8, 4) is 10.6 Å². The molecular formula is C16H13NOS. The van der Waals surface area contributed by atoms with Crippen LogP contribution in [0.25, 0.3) is 20.8 Å². The molecule has 0 saturated carbocycles. The first-order valence-corrected chi connectivity index (χ1v) is 7.07.